The molecule has 6 rings (SSSR count). The molecule has 7 heteroatoms. The second-order valence-corrected chi connectivity index (χ2v) is 17.6. The van der Waals surface area contributed by atoms with Crippen LogP contribution in [0.5, 0.6) is 0 Å². The molecule has 0 aromatic carbocycles. The summed E-state index contributed by atoms with van der Waals surface area (Å²) in [7, 11) is 0. The van der Waals surface area contributed by atoms with Gasteiger partial charge >= 0.3 is 12.0 Å². The van der Waals surface area contributed by atoms with Gasteiger partial charge in [-0.15, -0.1) is 6.61 Å². The molecule has 0 bridgehead atoms. The summed E-state index contributed by atoms with van der Waals surface area (Å²) >= 11 is 0. The molecule has 2 amide bonds. The van der Waals surface area contributed by atoms with Crippen LogP contribution in [-0.2, 0) is 22.6 Å². The third-order valence-electron chi connectivity index (χ3n) is 15.5. The SMILES string of the molecule is C=C(C)C1CC[C@]2(C[O-])CC[C@]3(C)C(CCC4[C@@]5(C)CC[C@H](OC(=O)C[n+]6ccccc6CNC(N)=O)C(C)(C)C5CC[C@]43C)C12. The smallest absolute Gasteiger partial charge is 0.372 e. The van der Waals surface area contributed by atoms with Crippen LogP contribution in [0.1, 0.15) is 111 Å². The van der Waals surface area contributed by atoms with E-state index in [1.807, 2.05) is 29.0 Å². The molecule has 1 aromatic rings. The van der Waals surface area contributed by atoms with Gasteiger partial charge in [0.1, 0.15) is 12.6 Å². The van der Waals surface area contributed by atoms with E-state index in [1.165, 1.54) is 31.3 Å². The Labute approximate surface area is 277 Å². The highest BCUT2D eigenvalue weighted by molar-refractivity contribution is 5.71. The molecule has 5 saturated carbocycles. The van der Waals surface area contributed by atoms with Gasteiger partial charge < -0.3 is 20.9 Å². The van der Waals surface area contributed by atoms with Crippen LogP contribution >= 0.6 is 0 Å². The van der Waals surface area contributed by atoms with Crippen molar-refractivity contribution < 1.29 is 24.0 Å². The molecule has 3 N–H and O–H groups in total. The van der Waals surface area contributed by atoms with Gasteiger partial charge in [-0.3, -0.25) is 0 Å². The zero-order valence-electron chi connectivity index (χ0n) is 29.3. The number of ether oxygens (including phenoxy) is 1. The number of pyridine rings is 1. The predicted molar refractivity (Wildman–Crippen MR) is 177 cm³/mol. The summed E-state index contributed by atoms with van der Waals surface area (Å²) in [5.74, 6) is 2.46. The standard InChI is InChI=1S/C39H59N3O4/c1-25(2)27-13-18-39(24-43)20-19-37(6)28(33(27)39)11-12-30-36(5)16-15-31(35(3,4)29(36)14-17-38(30,37)7)46-32(44)23-42-21-9-8-10-26(42)22-41-34(40)45/h8-10,21,27-31,33H,1,11-20,22-24H2,2-7H3,(H3,40,41,45)/t27?,28?,29?,30?,31-,33?,36-,37+,38+,39+/m0/s1. The van der Waals surface area contributed by atoms with E-state index in [2.05, 4.69) is 53.4 Å². The van der Waals surface area contributed by atoms with Crippen molar-refractivity contribution in [2.24, 2.45) is 62.4 Å². The number of carbonyl (C=O) groups is 2. The summed E-state index contributed by atoms with van der Waals surface area (Å²) in [6.07, 6.45) is 13.0. The minimum absolute atomic E-state index is 0.0286. The Kier molecular flexibility index (Phi) is 8.47. The van der Waals surface area contributed by atoms with Crippen LogP contribution in [-0.4, -0.2) is 24.7 Å². The van der Waals surface area contributed by atoms with Crippen LogP contribution in [0.3, 0.4) is 0 Å². The number of amides is 2. The molecule has 1 aromatic heterocycles. The number of allylic oxidation sites excluding steroid dienone is 1. The van der Waals surface area contributed by atoms with Gasteiger partial charge in [0.05, 0.1) is 0 Å². The Hall–Kier alpha value is -2.41. The molecule has 0 spiro atoms. The first-order chi connectivity index (χ1) is 21.6. The molecule has 5 aliphatic carbocycles. The lowest BCUT2D eigenvalue weighted by Gasteiger charge is -2.73. The molecular formula is C39H59N3O4. The molecule has 7 nitrogen and oxygen atoms in total. The van der Waals surface area contributed by atoms with Gasteiger partial charge in [-0.05, 0) is 122 Å². The number of rotatable bonds is 7. The average molecular weight is 634 g/mol. The maximum Gasteiger partial charge on any atom is 0.372 e. The van der Waals surface area contributed by atoms with Crippen molar-refractivity contribution in [2.75, 3.05) is 6.61 Å². The zero-order chi connectivity index (χ0) is 33.3. The fraction of sp³-hybridized carbons (Fsp3) is 0.769. The number of nitrogens with two attached hydrogens (primary N) is 1. The second kappa shape index (κ2) is 11.6. The van der Waals surface area contributed by atoms with Crippen molar-refractivity contribution in [1.29, 1.82) is 0 Å². The summed E-state index contributed by atoms with van der Waals surface area (Å²) in [5, 5.41) is 15.5. The lowest BCUT2D eigenvalue weighted by atomic mass is 9.32. The fourth-order valence-electron chi connectivity index (χ4n) is 13.1. The van der Waals surface area contributed by atoms with E-state index in [1.54, 1.807) is 0 Å². The predicted octanol–water partition coefficient (Wildman–Crippen LogP) is 6.07. The van der Waals surface area contributed by atoms with E-state index in [0.717, 1.165) is 44.2 Å². The van der Waals surface area contributed by atoms with E-state index in [0.29, 0.717) is 29.6 Å². The highest BCUT2D eigenvalue weighted by atomic mass is 16.5. The Morgan fingerprint density at radius 1 is 0.978 bits per heavy atom. The van der Waals surface area contributed by atoms with Crippen LogP contribution in [0.15, 0.2) is 36.5 Å². The number of fused-ring (bicyclic) bond motifs is 7. The third-order valence-corrected chi connectivity index (χ3v) is 15.5. The highest BCUT2D eigenvalue weighted by Gasteiger charge is 2.70. The van der Waals surface area contributed by atoms with Gasteiger partial charge in [0, 0.05) is 17.5 Å². The summed E-state index contributed by atoms with van der Waals surface area (Å²) in [4.78, 5) is 24.7. The Bertz CT molecular complexity index is 1380. The number of aromatic nitrogens is 1. The molecule has 5 aliphatic rings. The monoisotopic (exact) mass is 633 g/mol. The van der Waals surface area contributed by atoms with Crippen LogP contribution < -0.4 is 20.7 Å². The maximum absolute atomic E-state index is 13.4. The average Bonchev–Trinajstić information content (AvgIpc) is 3.39. The molecule has 0 saturated heterocycles. The Balaban J connectivity index is 1.21. The molecule has 0 radical (unpaired) electrons. The fourth-order valence-corrected chi connectivity index (χ4v) is 13.1. The Morgan fingerprint density at radius 2 is 1.74 bits per heavy atom. The van der Waals surface area contributed by atoms with Crippen LogP contribution in [0, 0.1) is 56.7 Å². The first-order valence-electron chi connectivity index (χ1n) is 18.1. The molecule has 0 aliphatic heterocycles. The van der Waals surface area contributed by atoms with Crippen molar-refractivity contribution in [3.8, 4) is 0 Å². The van der Waals surface area contributed by atoms with Gasteiger partial charge in [0.25, 0.3) is 0 Å². The van der Waals surface area contributed by atoms with Crippen molar-refractivity contribution >= 4 is 12.0 Å². The molecule has 10 atom stereocenters. The van der Waals surface area contributed by atoms with Crippen molar-refractivity contribution in [1.82, 2.24) is 5.32 Å². The largest absolute Gasteiger partial charge is 0.854 e. The van der Waals surface area contributed by atoms with Gasteiger partial charge in [-0.25, -0.2) is 9.59 Å². The van der Waals surface area contributed by atoms with Crippen molar-refractivity contribution in [3.63, 3.8) is 0 Å². The van der Waals surface area contributed by atoms with Crippen molar-refractivity contribution in [2.45, 2.75) is 125 Å². The van der Waals surface area contributed by atoms with Crippen molar-refractivity contribution in [3.05, 3.63) is 42.2 Å². The van der Waals surface area contributed by atoms with Gasteiger partial charge in [0.15, 0.2) is 6.20 Å². The van der Waals surface area contributed by atoms with Gasteiger partial charge in [0.2, 0.25) is 12.2 Å². The zero-order valence-corrected chi connectivity index (χ0v) is 29.3. The van der Waals surface area contributed by atoms with Crippen LogP contribution in [0.4, 0.5) is 4.79 Å². The maximum atomic E-state index is 13.4. The van der Waals surface area contributed by atoms with Crippen LogP contribution in [0.2, 0.25) is 0 Å². The molecule has 254 valence electrons. The summed E-state index contributed by atoms with van der Waals surface area (Å²) in [5.41, 5.74) is 7.86. The summed E-state index contributed by atoms with van der Waals surface area (Å²) < 4.78 is 8.18. The lowest BCUT2D eigenvalue weighted by Crippen LogP contribution is -2.67. The number of urea groups is 1. The first kappa shape index (κ1) is 33.5. The van der Waals surface area contributed by atoms with Crippen LogP contribution in [0.25, 0.3) is 0 Å². The minimum atomic E-state index is -0.593. The normalized spacial score (nSPS) is 42.5. The van der Waals surface area contributed by atoms with E-state index >= 15 is 0 Å². The first-order valence-corrected chi connectivity index (χ1v) is 18.1. The van der Waals surface area contributed by atoms with E-state index in [4.69, 9.17) is 10.5 Å². The Morgan fingerprint density at radius 3 is 2.43 bits per heavy atom. The van der Waals surface area contributed by atoms with E-state index in [-0.39, 0.29) is 58.8 Å². The van der Waals surface area contributed by atoms with Gasteiger partial charge in [-0.2, -0.15) is 4.57 Å². The van der Waals surface area contributed by atoms with E-state index in [9.17, 15) is 14.7 Å². The topological polar surface area (TPSA) is 108 Å². The molecule has 46 heavy (non-hydrogen) atoms. The quantitative estimate of drug-likeness (QED) is 0.216. The number of nitrogens with zero attached hydrogens (tertiary/aromatic N) is 1. The third kappa shape index (κ3) is 4.96. The number of esters is 1. The second-order valence-electron chi connectivity index (χ2n) is 17.6. The molecule has 5 fully saturated rings. The number of primary amides is 1. The summed E-state index contributed by atoms with van der Waals surface area (Å²) in [6, 6.07) is 5.05. The van der Waals surface area contributed by atoms with E-state index < -0.39 is 6.03 Å². The molecular weight excluding hydrogens is 574 g/mol. The number of nitrogens with one attached hydrogen (secondary N) is 1. The lowest BCUT2D eigenvalue weighted by molar-refractivity contribution is -0.693. The number of hydrogen-bond donors (Lipinski definition) is 2. The highest BCUT2D eigenvalue weighted by Crippen LogP contribution is 2.77. The number of carbonyl (C=O) groups excluding carboxylic acids is 2. The minimum Gasteiger partial charge on any atom is -0.854 e. The van der Waals surface area contributed by atoms with Gasteiger partial charge in [-0.1, -0.05) is 52.8 Å². The number of hydrogen-bond acceptors (Lipinski definition) is 4. The molecule has 5 unspecified atom stereocenters. The molecule has 1 heterocycles. The summed E-state index contributed by atoms with van der Waals surface area (Å²) in [6.45, 7) is 19.6.